The number of pyridine rings is 1. The van der Waals surface area contributed by atoms with Gasteiger partial charge in [-0.3, -0.25) is 0 Å². The second-order valence-electron chi connectivity index (χ2n) is 3.41. The Labute approximate surface area is 88.4 Å². The minimum absolute atomic E-state index is 0.352. The van der Waals surface area contributed by atoms with Gasteiger partial charge in [0.05, 0.1) is 7.11 Å². The lowest BCUT2D eigenvalue weighted by atomic mass is 10.1. The first-order valence-corrected chi connectivity index (χ1v) is 5.04. The van der Waals surface area contributed by atoms with Crippen LogP contribution in [0.3, 0.4) is 0 Å². The summed E-state index contributed by atoms with van der Waals surface area (Å²) >= 11 is 5.89. The Hall–Kier alpha value is -0.800. The molecule has 1 aliphatic rings. The van der Waals surface area contributed by atoms with E-state index in [0.717, 1.165) is 12.8 Å². The van der Waals surface area contributed by atoms with Crippen molar-refractivity contribution in [2.45, 2.75) is 18.9 Å². The van der Waals surface area contributed by atoms with Crippen LogP contribution in [0.1, 0.15) is 23.6 Å². The Morgan fingerprint density at radius 2 is 2.43 bits per heavy atom. The standard InChI is InChI=1S/C10H13ClN2O/c1-12-7-4-3-6-5-8(11)13-10(14-2)9(6)7/h5,7,12H,3-4H2,1-2H3/t7-/m1/s1. The highest BCUT2D eigenvalue weighted by Crippen LogP contribution is 2.37. The van der Waals surface area contributed by atoms with Crippen LogP contribution < -0.4 is 10.1 Å². The van der Waals surface area contributed by atoms with Crippen molar-refractivity contribution in [2.24, 2.45) is 0 Å². The van der Waals surface area contributed by atoms with Crippen molar-refractivity contribution >= 4 is 11.6 Å². The van der Waals surface area contributed by atoms with Crippen LogP contribution in [-0.2, 0) is 6.42 Å². The molecule has 1 aromatic rings. The van der Waals surface area contributed by atoms with Gasteiger partial charge in [-0.25, -0.2) is 4.98 Å². The van der Waals surface area contributed by atoms with Crippen LogP contribution >= 0.6 is 11.6 Å². The van der Waals surface area contributed by atoms with E-state index in [1.165, 1.54) is 11.1 Å². The lowest BCUT2D eigenvalue weighted by Crippen LogP contribution is -2.14. The highest BCUT2D eigenvalue weighted by molar-refractivity contribution is 6.29. The highest BCUT2D eigenvalue weighted by Gasteiger charge is 2.26. The molecule has 0 unspecified atom stereocenters. The molecule has 76 valence electrons. The van der Waals surface area contributed by atoms with Gasteiger partial charge in [0.25, 0.3) is 0 Å². The smallest absolute Gasteiger partial charge is 0.219 e. The Balaban J connectivity index is 2.51. The van der Waals surface area contributed by atoms with E-state index in [2.05, 4.69) is 10.3 Å². The van der Waals surface area contributed by atoms with Crippen LogP contribution in [0.25, 0.3) is 0 Å². The zero-order valence-electron chi connectivity index (χ0n) is 8.30. The molecule has 2 rings (SSSR count). The molecule has 3 nitrogen and oxygen atoms in total. The van der Waals surface area contributed by atoms with Crippen LogP contribution in [0.4, 0.5) is 0 Å². The number of hydrogen-bond donors (Lipinski definition) is 1. The summed E-state index contributed by atoms with van der Waals surface area (Å²) < 4.78 is 5.23. The molecule has 0 bridgehead atoms. The van der Waals surface area contributed by atoms with Crippen LogP contribution in [0.5, 0.6) is 5.88 Å². The number of aromatic nitrogens is 1. The van der Waals surface area contributed by atoms with Crippen LogP contribution in [0, 0.1) is 0 Å². The fourth-order valence-electron chi connectivity index (χ4n) is 2.02. The van der Waals surface area contributed by atoms with Gasteiger partial charge in [0.2, 0.25) is 5.88 Å². The third-order valence-corrected chi connectivity index (χ3v) is 2.86. The number of hydrogen-bond acceptors (Lipinski definition) is 3. The van der Waals surface area contributed by atoms with E-state index >= 15 is 0 Å². The molecule has 0 aliphatic heterocycles. The van der Waals surface area contributed by atoms with Gasteiger partial charge in [-0.1, -0.05) is 11.6 Å². The van der Waals surface area contributed by atoms with E-state index in [0.29, 0.717) is 17.1 Å². The maximum atomic E-state index is 5.89. The van der Waals surface area contributed by atoms with E-state index < -0.39 is 0 Å². The quantitative estimate of drug-likeness (QED) is 0.761. The van der Waals surface area contributed by atoms with Gasteiger partial charge >= 0.3 is 0 Å². The number of methoxy groups -OCH3 is 1. The summed E-state index contributed by atoms with van der Waals surface area (Å²) in [5.41, 5.74) is 2.42. The molecular weight excluding hydrogens is 200 g/mol. The molecule has 1 atom stereocenters. The van der Waals surface area contributed by atoms with Crippen molar-refractivity contribution in [3.8, 4) is 5.88 Å². The topological polar surface area (TPSA) is 34.2 Å². The maximum Gasteiger partial charge on any atom is 0.219 e. The molecule has 0 saturated heterocycles. The van der Waals surface area contributed by atoms with Gasteiger partial charge in [-0.05, 0) is 31.5 Å². The van der Waals surface area contributed by atoms with Crippen LogP contribution in [0.15, 0.2) is 6.07 Å². The molecule has 4 heteroatoms. The number of ether oxygens (including phenoxy) is 1. The van der Waals surface area contributed by atoms with Crippen molar-refractivity contribution in [3.63, 3.8) is 0 Å². The summed E-state index contributed by atoms with van der Waals surface area (Å²) in [6.07, 6.45) is 2.13. The summed E-state index contributed by atoms with van der Waals surface area (Å²) in [5, 5.41) is 3.76. The third kappa shape index (κ3) is 1.47. The lowest BCUT2D eigenvalue weighted by molar-refractivity contribution is 0.386. The number of rotatable bonds is 2. The summed E-state index contributed by atoms with van der Waals surface area (Å²) in [5.74, 6) is 0.657. The zero-order chi connectivity index (χ0) is 10.1. The fourth-order valence-corrected chi connectivity index (χ4v) is 2.22. The van der Waals surface area contributed by atoms with Crippen molar-refractivity contribution < 1.29 is 4.74 Å². The molecule has 1 aromatic heterocycles. The zero-order valence-corrected chi connectivity index (χ0v) is 9.06. The summed E-state index contributed by atoms with van der Waals surface area (Å²) in [6.45, 7) is 0. The molecule has 14 heavy (non-hydrogen) atoms. The third-order valence-electron chi connectivity index (χ3n) is 2.67. The predicted octanol–water partition coefficient (Wildman–Crippen LogP) is 1.95. The summed E-state index contributed by atoms with van der Waals surface area (Å²) in [4.78, 5) is 4.16. The first kappa shape index (κ1) is 9.74. The first-order chi connectivity index (χ1) is 6.76. The Morgan fingerprint density at radius 1 is 1.64 bits per heavy atom. The van der Waals surface area contributed by atoms with Gasteiger partial charge in [0, 0.05) is 11.6 Å². The number of aryl methyl sites for hydroxylation is 1. The Bertz CT molecular complexity index is 354. The number of fused-ring (bicyclic) bond motifs is 1. The predicted molar refractivity (Wildman–Crippen MR) is 55.9 cm³/mol. The average molecular weight is 213 g/mol. The Morgan fingerprint density at radius 3 is 3.07 bits per heavy atom. The van der Waals surface area contributed by atoms with Gasteiger partial charge in [0.15, 0.2) is 0 Å². The van der Waals surface area contributed by atoms with Crippen molar-refractivity contribution in [3.05, 3.63) is 22.3 Å². The second kappa shape index (κ2) is 3.75. The van der Waals surface area contributed by atoms with Crippen molar-refractivity contribution in [1.82, 2.24) is 10.3 Å². The molecular formula is C10H13ClN2O. The minimum atomic E-state index is 0.352. The monoisotopic (exact) mass is 212 g/mol. The van der Waals surface area contributed by atoms with Crippen molar-refractivity contribution in [2.75, 3.05) is 14.2 Å². The average Bonchev–Trinajstić information content (AvgIpc) is 2.59. The first-order valence-electron chi connectivity index (χ1n) is 4.67. The highest BCUT2D eigenvalue weighted by atomic mass is 35.5. The molecule has 0 fully saturated rings. The minimum Gasteiger partial charge on any atom is -0.481 e. The molecule has 0 amide bonds. The second-order valence-corrected chi connectivity index (χ2v) is 3.79. The molecule has 0 spiro atoms. The van der Waals surface area contributed by atoms with E-state index in [-0.39, 0.29) is 0 Å². The van der Waals surface area contributed by atoms with Gasteiger partial charge in [-0.15, -0.1) is 0 Å². The van der Waals surface area contributed by atoms with E-state index in [4.69, 9.17) is 16.3 Å². The molecule has 1 N–H and O–H groups in total. The van der Waals surface area contributed by atoms with Gasteiger partial charge in [0.1, 0.15) is 5.15 Å². The number of nitrogens with zero attached hydrogens (tertiary/aromatic N) is 1. The molecule has 0 aromatic carbocycles. The molecule has 1 aliphatic carbocycles. The van der Waals surface area contributed by atoms with E-state index in [1.807, 2.05) is 13.1 Å². The van der Waals surface area contributed by atoms with E-state index in [9.17, 15) is 0 Å². The number of nitrogens with one attached hydrogen (secondary N) is 1. The van der Waals surface area contributed by atoms with Gasteiger partial charge in [-0.2, -0.15) is 0 Å². The lowest BCUT2D eigenvalue weighted by Gasteiger charge is -2.13. The largest absolute Gasteiger partial charge is 0.481 e. The van der Waals surface area contributed by atoms with E-state index in [1.54, 1.807) is 7.11 Å². The summed E-state index contributed by atoms with van der Waals surface area (Å²) in [7, 11) is 3.58. The summed E-state index contributed by atoms with van der Waals surface area (Å²) in [6, 6.07) is 2.28. The SMILES string of the molecule is CN[C@@H]1CCc2cc(Cl)nc(OC)c21. The maximum absolute atomic E-state index is 5.89. The fraction of sp³-hybridized carbons (Fsp3) is 0.500. The Kier molecular flexibility index (Phi) is 2.61. The van der Waals surface area contributed by atoms with Crippen LogP contribution in [-0.4, -0.2) is 19.1 Å². The molecule has 0 saturated carbocycles. The van der Waals surface area contributed by atoms with Crippen molar-refractivity contribution in [1.29, 1.82) is 0 Å². The van der Waals surface area contributed by atoms with Gasteiger partial charge < -0.3 is 10.1 Å². The normalized spacial score (nSPS) is 19.5. The molecule has 0 radical (unpaired) electrons. The number of halogens is 1. The molecule has 1 heterocycles. The van der Waals surface area contributed by atoms with Crippen LogP contribution in [0.2, 0.25) is 5.15 Å².